The van der Waals surface area contributed by atoms with Crippen LogP contribution in [0.15, 0.2) is 41.6 Å². The summed E-state index contributed by atoms with van der Waals surface area (Å²) in [5.74, 6) is -0.589. The molecule has 5 heteroatoms. The predicted octanol–water partition coefficient (Wildman–Crippen LogP) is 2.83. The fraction of sp³-hybridized carbons (Fsp3) is 0.444. The molecule has 0 saturated heterocycles. The molecule has 1 aliphatic rings. The number of nitrogens with zero attached hydrogens (tertiary/aromatic N) is 1. The average molecular weight is 317 g/mol. The smallest absolute Gasteiger partial charge is 0.335 e. The van der Waals surface area contributed by atoms with Crippen molar-refractivity contribution in [3.05, 3.63) is 47.2 Å². The first-order chi connectivity index (χ1) is 11.1. The summed E-state index contributed by atoms with van der Waals surface area (Å²) in [4.78, 5) is 25.7. The van der Waals surface area contributed by atoms with E-state index in [2.05, 4.69) is 24.0 Å². The van der Waals surface area contributed by atoms with Gasteiger partial charge in [-0.25, -0.2) is 4.79 Å². The number of esters is 2. The van der Waals surface area contributed by atoms with Crippen molar-refractivity contribution in [2.24, 2.45) is 0 Å². The molecule has 2 rings (SSSR count). The number of carbonyl (C=O) groups excluding carboxylic acids is 2. The van der Waals surface area contributed by atoms with E-state index in [0.717, 1.165) is 12.2 Å². The van der Waals surface area contributed by atoms with E-state index in [-0.39, 0.29) is 24.4 Å². The van der Waals surface area contributed by atoms with Crippen LogP contribution in [0.25, 0.3) is 0 Å². The van der Waals surface area contributed by atoms with Gasteiger partial charge in [0.1, 0.15) is 0 Å². The standard InChI is InChI=1S/C18H23NO4/c1-13(14-7-5-4-6-8-14)19-12-11-15(18(21)23-3)16(19)9-10-17(20)22-2/h4-8,13H,9-12H2,1-3H3/t13-/m0/s1. The SMILES string of the molecule is COC(=O)CCC1=C(C(=O)OC)CCN1[C@@H](C)c1ccccc1. The van der Waals surface area contributed by atoms with Crippen molar-refractivity contribution < 1.29 is 19.1 Å². The number of rotatable bonds is 6. The van der Waals surface area contributed by atoms with Crippen LogP contribution in [0.5, 0.6) is 0 Å². The van der Waals surface area contributed by atoms with Crippen LogP contribution in [0, 0.1) is 0 Å². The Bertz CT molecular complexity index is 594. The molecule has 5 nitrogen and oxygen atoms in total. The van der Waals surface area contributed by atoms with Crippen molar-refractivity contribution >= 4 is 11.9 Å². The van der Waals surface area contributed by atoms with Gasteiger partial charge in [0.2, 0.25) is 0 Å². The second-order valence-corrected chi connectivity index (χ2v) is 5.52. The van der Waals surface area contributed by atoms with Gasteiger partial charge in [-0.05, 0) is 25.3 Å². The quantitative estimate of drug-likeness (QED) is 0.755. The summed E-state index contributed by atoms with van der Waals surface area (Å²) in [7, 11) is 2.76. The van der Waals surface area contributed by atoms with E-state index in [1.165, 1.54) is 19.8 Å². The summed E-state index contributed by atoms with van der Waals surface area (Å²) in [6.45, 7) is 2.85. The van der Waals surface area contributed by atoms with Crippen molar-refractivity contribution in [2.75, 3.05) is 20.8 Å². The molecule has 124 valence electrons. The number of benzene rings is 1. The summed E-state index contributed by atoms with van der Waals surface area (Å²) < 4.78 is 9.61. The minimum atomic E-state index is -0.312. The molecule has 1 aromatic rings. The van der Waals surface area contributed by atoms with E-state index >= 15 is 0 Å². The van der Waals surface area contributed by atoms with E-state index in [9.17, 15) is 9.59 Å². The molecule has 0 amide bonds. The van der Waals surface area contributed by atoms with Gasteiger partial charge >= 0.3 is 11.9 Å². The summed E-state index contributed by atoms with van der Waals surface area (Å²) >= 11 is 0. The molecule has 0 aromatic heterocycles. The average Bonchev–Trinajstić information content (AvgIpc) is 3.02. The van der Waals surface area contributed by atoms with Gasteiger partial charge in [-0.15, -0.1) is 0 Å². The first-order valence-corrected chi connectivity index (χ1v) is 7.77. The Morgan fingerprint density at radius 3 is 2.48 bits per heavy atom. The fourth-order valence-electron chi connectivity index (χ4n) is 2.98. The van der Waals surface area contributed by atoms with Gasteiger partial charge in [0.15, 0.2) is 0 Å². The maximum Gasteiger partial charge on any atom is 0.335 e. The third-order valence-corrected chi connectivity index (χ3v) is 4.27. The van der Waals surface area contributed by atoms with Gasteiger partial charge in [0.05, 0.1) is 32.3 Å². The van der Waals surface area contributed by atoms with E-state index in [1.807, 2.05) is 18.2 Å². The summed E-state index contributed by atoms with van der Waals surface area (Å²) in [5, 5.41) is 0. The van der Waals surface area contributed by atoms with E-state index in [0.29, 0.717) is 18.4 Å². The number of methoxy groups -OCH3 is 2. The predicted molar refractivity (Wildman–Crippen MR) is 86.5 cm³/mol. The van der Waals surface area contributed by atoms with Crippen molar-refractivity contribution in [3.63, 3.8) is 0 Å². The second-order valence-electron chi connectivity index (χ2n) is 5.52. The van der Waals surface area contributed by atoms with Gasteiger partial charge < -0.3 is 14.4 Å². The molecule has 0 aliphatic carbocycles. The minimum absolute atomic E-state index is 0.131. The molecular formula is C18H23NO4. The molecule has 0 spiro atoms. The number of hydrogen-bond acceptors (Lipinski definition) is 5. The Hall–Kier alpha value is -2.30. The highest BCUT2D eigenvalue weighted by Gasteiger charge is 2.31. The van der Waals surface area contributed by atoms with Crippen LogP contribution in [-0.4, -0.2) is 37.6 Å². The molecule has 0 radical (unpaired) electrons. The summed E-state index contributed by atoms with van der Waals surface area (Å²) in [6.07, 6.45) is 1.37. The van der Waals surface area contributed by atoms with Crippen LogP contribution in [-0.2, 0) is 19.1 Å². The van der Waals surface area contributed by atoms with Crippen LogP contribution in [0.3, 0.4) is 0 Å². The summed E-state index contributed by atoms with van der Waals surface area (Å²) in [6, 6.07) is 10.2. The minimum Gasteiger partial charge on any atom is -0.469 e. The number of ether oxygens (including phenoxy) is 2. The molecule has 1 atom stereocenters. The van der Waals surface area contributed by atoms with Crippen LogP contribution < -0.4 is 0 Å². The Labute approximate surface area is 136 Å². The molecule has 1 aromatic carbocycles. The maximum absolute atomic E-state index is 12.0. The van der Waals surface area contributed by atoms with Gasteiger partial charge in [-0.3, -0.25) is 4.79 Å². The highest BCUT2D eigenvalue weighted by atomic mass is 16.5. The lowest BCUT2D eigenvalue weighted by Gasteiger charge is -2.30. The Morgan fingerprint density at radius 1 is 1.17 bits per heavy atom. The zero-order valence-corrected chi connectivity index (χ0v) is 13.9. The molecule has 1 aliphatic heterocycles. The van der Waals surface area contributed by atoms with Gasteiger partial charge in [0.25, 0.3) is 0 Å². The number of hydrogen-bond donors (Lipinski definition) is 0. The highest BCUT2D eigenvalue weighted by Crippen LogP contribution is 2.35. The lowest BCUT2D eigenvalue weighted by molar-refractivity contribution is -0.141. The highest BCUT2D eigenvalue weighted by molar-refractivity contribution is 5.90. The topological polar surface area (TPSA) is 55.8 Å². The van der Waals surface area contributed by atoms with Crippen LogP contribution in [0.2, 0.25) is 0 Å². The second kappa shape index (κ2) is 7.81. The molecule has 1 heterocycles. The number of allylic oxidation sites excluding steroid dienone is 1. The van der Waals surface area contributed by atoms with Gasteiger partial charge in [0, 0.05) is 12.2 Å². The molecule has 0 N–H and O–H groups in total. The third kappa shape index (κ3) is 3.92. The van der Waals surface area contributed by atoms with E-state index in [4.69, 9.17) is 9.47 Å². The Kier molecular flexibility index (Phi) is 5.79. The van der Waals surface area contributed by atoms with Crippen molar-refractivity contribution in [2.45, 2.75) is 32.2 Å². The first-order valence-electron chi connectivity index (χ1n) is 7.77. The van der Waals surface area contributed by atoms with E-state index in [1.54, 1.807) is 0 Å². The molecule has 0 fully saturated rings. The lowest BCUT2D eigenvalue weighted by Crippen LogP contribution is -2.24. The summed E-state index contributed by atoms with van der Waals surface area (Å²) in [5.41, 5.74) is 2.73. The first kappa shape index (κ1) is 17.1. The largest absolute Gasteiger partial charge is 0.469 e. The normalized spacial score (nSPS) is 15.5. The molecule has 23 heavy (non-hydrogen) atoms. The van der Waals surface area contributed by atoms with Crippen molar-refractivity contribution in [1.82, 2.24) is 4.90 Å². The molecule has 0 saturated carbocycles. The van der Waals surface area contributed by atoms with E-state index < -0.39 is 0 Å². The lowest BCUT2D eigenvalue weighted by atomic mass is 10.1. The Balaban J connectivity index is 2.25. The molecule has 0 bridgehead atoms. The Morgan fingerprint density at radius 2 is 1.87 bits per heavy atom. The molecular weight excluding hydrogens is 294 g/mol. The zero-order chi connectivity index (χ0) is 16.8. The third-order valence-electron chi connectivity index (χ3n) is 4.27. The van der Waals surface area contributed by atoms with Crippen LogP contribution >= 0.6 is 0 Å². The van der Waals surface area contributed by atoms with Crippen LogP contribution in [0.1, 0.15) is 37.8 Å². The molecule has 0 unspecified atom stereocenters. The van der Waals surface area contributed by atoms with Gasteiger partial charge in [-0.2, -0.15) is 0 Å². The van der Waals surface area contributed by atoms with Crippen LogP contribution in [0.4, 0.5) is 0 Å². The van der Waals surface area contributed by atoms with Crippen molar-refractivity contribution in [1.29, 1.82) is 0 Å². The fourth-order valence-corrected chi connectivity index (χ4v) is 2.98. The zero-order valence-electron chi connectivity index (χ0n) is 13.9. The monoisotopic (exact) mass is 317 g/mol. The van der Waals surface area contributed by atoms with Crippen molar-refractivity contribution in [3.8, 4) is 0 Å². The maximum atomic E-state index is 12.0. The number of carbonyl (C=O) groups is 2. The van der Waals surface area contributed by atoms with Gasteiger partial charge in [-0.1, -0.05) is 30.3 Å².